The van der Waals surface area contributed by atoms with Crippen molar-refractivity contribution in [2.75, 3.05) is 18.5 Å². The number of aliphatic hydroxyl groups is 1. The number of hydrogen-bond acceptors (Lipinski definition) is 3. The average molecular weight is 256 g/mol. The lowest BCUT2D eigenvalue weighted by Crippen LogP contribution is -2.37. The van der Waals surface area contributed by atoms with Crippen LogP contribution in [0.5, 0.6) is 0 Å². The van der Waals surface area contributed by atoms with Crippen molar-refractivity contribution in [1.82, 2.24) is 4.98 Å². The van der Waals surface area contributed by atoms with E-state index in [-0.39, 0.29) is 6.10 Å². The van der Waals surface area contributed by atoms with Crippen LogP contribution in [0.1, 0.15) is 18.5 Å². The van der Waals surface area contributed by atoms with Gasteiger partial charge in [0, 0.05) is 30.4 Å². The highest BCUT2D eigenvalue weighted by molar-refractivity contribution is 5.91. The summed E-state index contributed by atoms with van der Waals surface area (Å²) >= 11 is 0. The van der Waals surface area contributed by atoms with Crippen LogP contribution in [-0.2, 0) is 0 Å². The fraction of sp³-hybridized carbons (Fsp3) is 0.438. The first-order valence-electron chi connectivity index (χ1n) is 6.89. The van der Waals surface area contributed by atoms with Crippen LogP contribution in [0.3, 0.4) is 0 Å². The van der Waals surface area contributed by atoms with Gasteiger partial charge in [-0.2, -0.15) is 0 Å². The van der Waals surface area contributed by atoms with Gasteiger partial charge in [0.05, 0.1) is 11.6 Å². The number of anilines is 1. The summed E-state index contributed by atoms with van der Waals surface area (Å²) < 4.78 is 0. The van der Waals surface area contributed by atoms with Gasteiger partial charge in [-0.05, 0) is 37.8 Å². The Kier molecular flexibility index (Phi) is 3.15. The number of benzene rings is 1. The molecule has 0 bridgehead atoms. The molecular weight excluding hydrogens is 236 g/mol. The van der Waals surface area contributed by atoms with Gasteiger partial charge in [-0.1, -0.05) is 18.2 Å². The fourth-order valence-corrected chi connectivity index (χ4v) is 2.94. The number of rotatable bonds is 3. The lowest BCUT2D eigenvalue weighted by molar-refractivity contribution is 0.0465. The molecule has 0 unspecified atom stereocenters. The van der Waals surface area contributed by atoms with Gasteiger partial charge >= 0.3 is 0 Å². The second kappa shape index (κ2) is 4.82. The number of nitrogens with zero attached hydrogens (tertiary/aromatic N) is 2. The molecule has 0 saturated heterocycles. The lowest BCUT2D eigenvalue weighted by atomic mass is 9.82. The molecule has 3 rings (SSSR count). The first kappa shape index (κ1) is 12.4. The summed E-state index contributed by atoms with van der Waals surface area (Å²) in [5, 5.41) is 10.6. The number of para-hydroxylation sites is 1. The maximum absolute atomic E-state index is 9.39. The van der Waals surface area contributed by atoms with Crippen LogP contribution in [0.2, 0.25) is 0 Å². The van der Waals surface area contributed by atoms with E-state index in [2.05, 4.69) is 41.2 Å². The largest absolute Gasteiger partial charge is 0.393 e. The number of fused-ring (bicyclic) bond motifs is 1. The van der Waals surface area contributed by atoms with Gasteiger partial charge in [0.15, 0.2) is 0 Å². The van der Waals surface area contributed by atoms with E-state index < -0.39 is 0 Å². The van der Waals surface area contributed by atoms with Crippen LogP contribution in [0.4, 0.5) is 5.69 Å². The van der Waals surface area contributed by atoms with Gasteiger partial charge < -0.3 is 10.0 Å². The zero-order chi connectivity index (χ0) is 13.4. The Morgan fingerprint density at radius 1 is 1.32 bits per heavy atom. The highest BCUT2D eigenvalue weighted by Gasteiger charge is 2.28. The predicted molar refractivity (Wildman–Crippen MR) is 78.5 cm³/mol. The lowest BCUT2D eigenvalue weighted by Gasteiger charge is -2.35. The Labute approximate surface area is 113 Å². The predicted octanol–water partition coefficient (Wildman–Crippen LogP) is 2.75. The highest BCUT2D eigenvalue weighted by atomic mass is 16.3. The number of aryl methyl sites for hydroxylation is 1. The number of pyridine rings is 1. The zero-order valence-electron chi connectivity index (χ0n) is 11.5. The molecule has 0 radical (unpaired) electrons. The number of hydrogen-bond donors (Lipinski definition) is 1. The molecule has 1 aliphatic rings. The Bertz CT molecular complexity index is 590. The second-order valence-electron chi connectivity index (χ2n) is 5.67. The van der Waals surface area contributed by atoms with Crippen LogP contribution in [-0.4, -0.2) is 29.8 Å². The second-order valence-corrected chi connectivity index (χ2v) is 5.67. The van der Waals surface area contributed by atoms with E-state index in [1.807, 2.05) is 13.0 Å². The first-order chi connectivity index (χ1) is 9.13. The molecule has 1 fully saturated rings. The molecule has 0 atom stereocenters. The summed E-state index contributed by atoms with van der Waals surface area (Å²) in [5.74, 6) is 0.618. The SMILES string of the molecule is Cc1cc(N(C)CC2CC(O)C2)c2ccccc2n1. The Hall–Kier alpha value is -1.61. The van der Waals surface area contributed by atoms with E-state index in [0.717, 1.165) is 30.6 Å². The molecule has 1 N–H and O–H groups in total. The van der Waals surface area contributed by atoms with Crippen molar-refractivity contribution >= 4 is 16.6 Å². The zero-order valence-corrected chi connectivity index (χ0v) is 11.5. The minimum atomic E-state index is -0.0747. The number of aliphatic hydroxyl groups excluding tert-OH is 1. The summed E-state index contributed by atoms with van der Waals surface area (Å²) in [6.07, 6.45) is 1.80. The smallest absolute Gasteiger partial charge is 0.0726 e. The topological polar surface area (TPSA) is 36.4 Å². The molecule has 1 heterocycles. The van der Waals surface area contributed by atoms with Gasteiger partial charge in [0.1, 0.15) is 0 Å². The van der Waals surface area contributed by atoms with E-state index in [9.17, 15) is 5.11 Å². The molecule has 1 aromatic heterocycles. The van der Waals surface area contributed by atoms with E-state index in [1.165, 1.54) is 11.1 Å². The van der Waals surface area contributed by atoms with Crippen molar-refractivity contribution in [2.45, 2.75) is 25.9 Å². The van der Waals surface area contributed by atoms with Crippen molar-refractivity contribution < 1.29 is 5.11 Å². The quantitative estimate of drug-likeness (QED) is 0.917. The van der Waals surface area contributed by atoms with Crippen LogP contribution >= 0.6 is 0 Å². The van der Waals surface area contributed by atoms with E-state index in [0.29, 0.717) is 5.92 Å². The van der Waals surface area contributed by atoms with Crippen molar-refractivity contribution in [2.24, 2.45) is 5.92 Å². The van der Waals surface area contributed by atoms with Gasteiger partial charge in [-0.25, -0.2) is 0 Å². The Morgan fingerprint density at radius 2 is 2.05 bits per heavy atom. The molecule has 0 spiro atoms. The minimum Gasteiger partial charge on any atom is -0.393 e. The molecule has 19 heavy (non-hydrogen) atoms. The molecule has 1 saturated carbocycles. The monoisotopic (exact) mass is 256 g/mol. The van der Waals surface area contributed by atoms with Crippen LogP contribution in [0, 0.1) is 12.8 Å². The summed E-state index contributed by atoms with van der Waals surface area (Å²) in [4.78, 5) is 6.88. The third-order valence-corrected chi connectivity index (χ3v) is 3.98. The third kappa shape index (κ3) is 2.43. The normalized spacial score (nSPS) is 22.3. The van der Waals surface area contributed by atoms with Crippen molar-refractivity contribution in [3.63, 3.8) is 0 Å². The highest BCUT2D eigenvalue weighted by Crippen LogP contribution is 2.31. The number of aromatic nitrogens is 1. The van der Waals surface area contributed by atoms with Crippen molar-refractivity contribution in [3.05, 3.63) is 36.0 Å². The van der Waals surface area contributed by atoms with Crippen LogP contribution < -0.4 is 4.90 Å². The van der Waals surface area contributed by atoms with Gasteiger partial charge in [0.2, 0.25) is 0 Å². The van der Waals surface area contributed by atoms with E-state index >= 15 is 0 Å². The Morgan fingerprint density at radius 3 is 2.79 bits per heavy atom. The molecule has 100 valence electrons. The van der Waals surface area contributed by atoms with Gasteiger partial charge in [-0.3, -0.25) is 4.98 Å². The van der Waals surface area contributed by atoms with Crippen LogP contribution in [0.15, 0.2) is 30.3 Å². The summed E-state index contributed by atoms with van der Waals surface area (Å²) in [6, 6.07) is 10.4. The summed E-state index contributed by atoms with van der Waals surface area (Å²) in [5.41, 5.74) is 3.34. The van der Waals surface area contributed by atoms with E-state index in [4.69, 9.17) is 0 Å². The fourth-order valence-electron chi connectivity index (χ4n) is 2.94. The molecule has 2 aromatic rings. The Balaban J connectivity index is 1.90. The molecule has 0 aliphatic heterocycles. The van der Waals surface area contributed by atoms with Crippen LogP contribution in [0.25, 0.3) is 10.9 Å². The standard InChI is InChI=1S/C16H20N2O/c1-11-7-16(14-5-3-4-6-15(14)17-11)18(2)10-12-8-13(19)9-12/h3-7,12-13,19H,8-10H2,1-2H3. The molecule has 1 aromatic carbocycles. The molecule has 3 nitrogen and oxygen atoms in total. The molecular formula is C16H20N2O. The third-order valence-electron chi connectivity index (χ3n) is 3.98. The molecule has 0 amide bonds. The maximum Gasteiger partial charge on any atom is 0.0726 e. The average Bonchev–Trinajstić information content (AvgIpc) is 2.35. The van der Waals surface area contributed by atoms with E-state index in [1.54, 1.807) is 0 Å². The molecule has 1 aliphatic carbocycles. The summed E-state index contributed by atoms with van der Waals surface area (Å²) in [7, 11) is 2.13. The first-order valence-corrected chi connectivity index (χ1v) is 6.89. The maximum atomic E-state index is 9.39. The van der Waals surface area contributed by atoms with Crippen molar-refractivity contribution in [1.29, 1.82) is 0 Å². The molecule has 3 heteroatoms. The minimum absolute atomic E-state index is 0.0747. The van der Waals surface area contributed by atoms with Gasteiger partial charge in [0.25, 0.3) is 0 Å². The summed E-state index contributed by atoms with van der Waals surface area (Å²) in [6.45, 7) is 3.04. The van der Waals surface area contributed by atoms with Gasteiger partial charge in [-0.15, -0.1) is 0 Å². The van der Waals surface area contributed by atoms with Crippen molar-refractivity contribution in [3.8, 4) is 0 Å².